The van der Waals surface area contributed by atoms with Crippen LogP contribution in [0, 0.1) is 0 Å². The summed E-state index contributed by atoms with van der Waals surface area (Å²) < 4.78 is 12.6. The van der Waals surface area contributed by atoms with Gasteiger partial charge in [0, 0.05) is 31.2 Å². The highest BCUT2D eigenvalue weighted by molar-refractivity contribution is 6.01. The van der Waals surface area contributed by atoms with E-state index in [0.29, 0.717) is 19.6 Å². The third kappa shape index (κ3) is 2.93. The summed E-state index contributed by atoms with van der Waals surface area (Å²) >= 11 is 0. The Hall–Kier alpha value is -2.61. The average molecular weight is 343 g/mol. The zero-order valence-electron chi connectivity index (χ0n) is 14.1. The van der Waals surface area contributed by atoms with Gasteiger partial charge in [0.2, 0.25) is 0 Å². The largest absolute Gasteiger partial charge is 0.453 e. The highest BCUT2D eigenvalue weighted by atomic mass is 16.5. The number of amides is 1. The first-order chi connectivity index (χ1) is 12.3. The van der Waals surface area contributed by atoms with Gasteiger partial charge in [0.25, 0.3) is 0 Å². The fraction of sp³-hybridized carbons (Fsp3) is 0.471. The summed E-state index contributed by atoms with van der Waals surface area (Å²) in [6, 6.07) is 2.27. The van der Waals surface area contributed by atoms with Crippen LogP contribution in [0.4, 0.5) is 4.79 Å². The molecule has 1 aliphatic heterocycles. The molecule has 1 amide bonds. The standard InChI is InChI=1S/C17H21N5O3/c1-24-17(23)19-7-5-14-21-13-9-20-16-12(4-6-18-16)15(13)22(14)11-3-2-8-25-10-11/h4,6,9,11H,2-3,5,7-8,10H2,1H3,(H,18,20)(H,19,23). The van der Waals surface area contributed by atoms with Gasteiger partial charge in [-0.25, -0.2) is 14.8 Å². The molecule has 0 aromatic carbocycles. The van der Waals surface area contributed by atoms with Gasteiger partial charge < -0.3 is 24.3 Å². The normalized spacial score (nSPS) is 17.9. The van der Waals surface area contributed by atoms with Crippen LogP contribution in [0.3, 0.4) is 0 Å². The third-order valence-electron chi connectivity index (χ3n) is 4.61. The van der Waals surface area contributed by atoms with Crippen LogP contribution in [-0.4, -0.2) is 52.5 Å². The van der Waals surface area contributed by atoms with Crippen LogP contribution in [-0.2, 0) is 15.9 Å². The minimum Gasteiger partial charge on any atom is -0.453 e. The first-order valence-corrected chi connectivity index (χ1v) is 8.50. The Morgan fingerprint density at radius 2 is 2.48 bits per heavy atom. The van der Waals surface area contributed by atoms with Crippen LogP contribution >= 0.6 is 0 Å². The lowest BCUT2D eigenvalue weighted by molar-refractivity contribution is 0.0596. The van der Waals surface area contributed by atoms with Crippen LogP contribution in [0.1, 0.15) is 24.7 Å². The average Bonchev–Trinajstić information content (AvgIpc) is 3.25. The molecule has 0 radical (unpaired) electrons. The first kappa shape index (κ1) is 15.9. The molecule has 1 saturated heterocycles. The zero-order chi connectivity index (χ0) is 17.2. The van der Waals surface area contributed by atoms with Gasteiger partial charge in [-0.1, -0.05) is 0 Å². The molecule has 132 valence electrons. The predicted molar refractivity (Wildman–Crippen MR) is 92.6 cm³/mol. The number of aromatic amines is 1. The number of carbonyl (C=O) groups excluding carboxylic acids is 1. The van der Waals surface area contributed by atoms with E-state index in [2.05, 4.69) is 24.6 Å². The van der Waals surface area contributed by atoms with Gasteiger partial charge in [-0.2, -0.15) is 0 Å². The summed E-state index contributed by atoms with van der Waals surface area (Å²) in [5.74, 6) is 0.928. The third-order valence-corrected chi connectivity index (χ3v) is 4.61. The lowest BCUT2D eigenvalue weighted by Gasteiger charge is -2.26. The maximum absolute atomic E-state index is 11.3. The lowest BCUT2D eigenvalue weighted by Crippen LogP contribution is -2.28. The summed E-state index contributed by atoms with van der Waals surface area (Å²) in [4.78, 5) is 23.7. The van der Waals surface area contributed by atoms with Crippen molar-refractivity contribution in [2.24, 2.45) is 0 Å². The summed E-state index contributed by atoms with van der Waals surface area (Å²) in [6.45, 7) is 1.95. The number of rotatable bonds is 4. The second-order valence-corrected chi connectivity index (χ2v) is 6.17. The number of aromatic nitrogens is 4. The molecule has 2 N–H and O–H groups in total. The molecule has 8 heteroatoms. The Morgan fingerprint density at radius 1 is 1.56 bits per heavy atom. The Morgan fingerprint density at radius 3 is 3.28 bits per heavy atom. The molecule has 4 heterocycles. The van der Waals surface area contributed by atoms with Crippen molar-refractivity contribution in [2.75, 3.05) is 26.9 Å². The maximum Gasteiger partial charge on any atom is 0.406 e. The van der Waals surface area contributed by atoms with Crippen molar-refractivity contribution in [3.05, 3.63) is 24.3 Å². The summed E-state index contributed by atoms with van der Waals surface area (Å²) in [7, 11) is 1.36. The number of ether oxygens (including phenoxy) is 2. The number of nitrogens with zero attached hydrogens (tertiary/aromatic N) is 3. The van der Waals surface area contributed by atoms with E-state index < -0.39 is 6.09 Å². The fourth-order valence-electron chi connectivity index (χ4n) is 3.49. The van der Waals surface area contributed by atoms with E-state index in [1.807, 2.05) is 12.3 Å². The molecule has 8 nitrogen and oxygen atoms in total. The number of hydrogen-bond donors (Lipinski definition) is 2. The zero-order valence-corrected chi connectivity index (χ0v) is 14.1. The maximum atomic E-state index is 11.3. The first-order valence-electron chi connectivity index (χ1n) is 8.50. The predicted octanol–water partition coefficient (Wildman–Crippen LogP) is 2.16. The fourth-order valence-corrected chi connectivity index (χ4v) is 3.49. The Kier molecular flexibility index (Phi) is 4.27. The van der Waals surface area contributed by atoms with Crippen LogP contribution in [0.15, 0.2) is 18.5 Å². The van der Waals surface area contributed by atoms with Gasteiger partial charge >= 0.3 is 6.09 Å². The summed E-state index contributed by atoms with van der Waals surface area (Å²) in [5.41, 5.74) is 2.80. The van der Waals surface area contributed by atoms with E-state index in [9.17, 15) is 4.79 Å². The lowest BCUT2D eigenvalue weighted by atomic mass is 10.1. The topological polar surface area (TPSA) is 94.1 Å². The van der Waals surface area contributed by atoms with Gasteiger partial charge in [0.1, 0.15) is 17.0 Å². The van der Waals surface area contributed by atoms with Crippen LogP contribution in [0.25, 0.3) is 22.1 Å². The number of methoxy groups -OCH3 is 1. The highest BCUT2D eigenvalue weighted by Gasteiger charge is 2.23. The molecule has 0 saturated carbocycles. The molecule has 1 fully saturated rings. The SMILES string of the molecule is COC(=O)NCCc1nc2cnc3[nH]ccc3c2n1C1CCCOC1. The quantitative estimate of drug-likeness (QED) is 0.757. The molecule has 4 rings (SSSR count). The molecule has 25 heavy (non-hydrogen) atoms. The van der Waals surface area contributed by atoms with Gasteiger partial charge in [-0.05, 0) is 18.9 Å². The van der Waals surface area contributed by atoms with Crippen molar-refractivity contribution >= 4 is 28.2 Å². The Bertz CT molecular complexity index is 894. The Labute approximate surface area is 144 Å². The van der Waals surface area contributed by atoms with Gasteiger partial charge in [0.15, 0.2) is 0 Å². The molecule has 1 aliphatic rings. The van der Waals surface area contributed by atoms with E-state index in [-0.39, 0.29) is 6.04 Å². The number of alkyl carbamates (subject to hydrolysis) is 1. The van der Waals surface area contributed by atoms with Crippen molar-refractivity contribution in [1.29, 1.82) is 0 Å². The van der Waals surface area contributed by atoms with Gasteiger partial charge in [0.05, 0.1) is 31.5 Å². The van der Waals surface area contributed by atoms with Crippen molar-refractivity contribution in [1.82, 2.24) is 24.8 Å². The van der Waals surface area contributed by atoms with E-state index >= 15 is 0 Å². The number of pyridine rings is 1. The van der Waals surface area contributed by atoms with Crippen molar-refractivity contribution in [2.45, 2.75) is 25.3 Å². The second kappa shape index (κ2) is 6.72. The van der Waals surface area contributed by atoms with E-state index in [1.165, 1.54) is 7.11 Å². The van der Waals surface area contributed by atoms with Crippen LogP contribution < -0.4 is 5.32 Å². The Balaban J connectivity index is 1.76. The van der Waals surface area contributed by atoms with Gasteiger partial charge in [-0.3, -0.25) is 0 Å². The molecular formula is C17H21N5O3. The van der Waals surface area contributed by atoms with Crippen molar-refractivity contribution in [3.63, 3.8) is 0 Å². The van der Waals surface area contributed by atoms with Crippen molar-refractivity contribution < 1.29 is 14.3 Å². The molecule has 1 unspecified atom stereocenters. The highest BCUT2D eigenvalue weighted by Crippen LogP contribution is 2.31. The molecule has 3 aromatic rings. The molecule has 1 atom stereocenters. The van der Waals surface area contributed by atoms with E-state index in [1.54, 1.807) is 6.20 Å². The monoisotopic (exact) mass is 343 g/mol. The van der Waals surface area contributed by atoms with Gasteiger partial charge in [-0.15, -0.1) is 0 Å². The molecular weight excluding hydrogens is 322 g/mol. The molecule has 3 aromatic heterocycles. The molecule has 0 bridgehead atoms. The smallest absolute Gasteiger partial charge is 0.406 e. The molecule has 0 spiro atoms. The molecule has 0 aliphatic carbocycles. The number of hydrogen-bond acceptors (Lipinski definition) is 5. The summed E-state index contributed by atoms with van der Waals surface area (Å²) in [5, 5.41) is 3.78. The number of fused-ring (bicyclic) bond motifs is 3. The van der Waals surface area contributed by atoms with Crippen LogP contribution in [0.2, 0.25) is 0 Å². The summed E-state index contributed by atoms with van der Waals surface area (Å²) in [6.07, 6.45) is 5.96. The number of H-pyrrole nitrogens is 1. The number of imidazole rings is 1. The number of carbonyl (C=O) groups is 1. The minimum absolute atomic E-state index is 0.243. The van der Waals surface area contributed by atoms with Crippen molar-refractivity contribution in [3.8, 4) is 0 Å². The minimum atomic E-state index is -0.432. The van der Waals surface area contributed by atoms with E-state index in [0.717, 1.165) is 47.3 Å². The van der Waals surface area contributed by atoms with E-state index in [4.69, 9.17) is 9.72 Å². The second-order valence-electron chi connectivity index (χ2n) is 6.17. The number of nitrogens with one attached hydrogen (secondary N) is 2. The van der Waals surface area contributed by atoms with Crippen LogP contribution in [0.5, 0.6) is 0 Å².